The van der Waals surface area contributed by atoms with Gasteiger partial charge in [0.25, 0.3) is 7.82 Å². The Hall–Kier alpha value is 0.0300. The van der Waals surface area contributed by atoms with E-state index < -0.39 is 13.9 Å². The minimum absolute atomic E-state index is 0.0304. The van der Waals surface area contributed by atoms with Gasteiger partial charge in [-0.2, -0.15) is 0 Å². The molecule has 1 aliphatic rings. The van der Waals surface area contributed by atoms with E-state index in [1.54, 1.807) is 0 Å². The summed E-state index contributed by atoms with van der Waals surface area (Å²) in [7, 11) is -4.24. The molecular weight excluding hydrogens is 293 g/mol. The standard InChI is InChI=1S/C14H30NO5P/c1-3-8-13-14(11-12(2)19-13)20-21(16,17)18-10-7-5-4-6-9-15/h12-14H,3-11,15H2,1-2H3,(H,16,17)/p-1. The van der Waals surface area contributed by atoms with E-state index in [1.165, 1.54) is 0 Å². The van der Waals surface area contributed by atoms with Crippen LogP contribution in [0.5, 0.6) is 0 Å². The van der Waals surface area contributed by atoms with Crippen molar-refractivity contribution in [2.24, 2.45) is 5.73 Å². The average molecular weight is 322 g/mol. The second-order valence-electron chi connectivity index (χ2n) is 5.64. The lowest BCUT2D eigenvalue weighted by Crippen LogP contribution is -2.26. The van der Waals surface area contributed by atoms with Gasteiger partial charge in [0.15, 0.2) is 0 Å². The van der Waals surface area contributed by atoms with Crippen molar-refractivity contribution in [2.75, 3.05) is 13.2 Å². The molecule has 4 unspecified atom stereocenters. The van der Waals surface area contributed by atoms with Crippen LogP contribution in [0.3, 0.4) is 0 Å². The molecule has 7 heteroatoms. The molecule has 126 valence electrons. The molecule has 0 aromatic rings. The summed E-state index contributed by atoms with van der Waals surface area (Å²) in [5.74, 6) is 0. The van der Waals surface area contributed by atoms with Gasteiger partial charge in [0.05, 0.1) is 24.9 Å². The molecule has 2 N–H and O–H groups in total. The predicted octanol–water partition coefficient (Wildman–Crippen LogP) is 2.35. The van der Waals surface area contributed by atoms with E-state index in [0.717, 1.165) is 32.1 Å². The number of phosphoric acid groups is 1. The summed E-state index contributed by atoms with van der Waals surface area (Å²) in [4.78, 5) is 11.8. The van der Waals surface area contributed by atoms with Gasteiger partial charge in [-0.25, -0.2) is 0 Å². The van der Waals surface area contributed by atoms with E-state index >= 15 is 0 Å². The first kappa shape index (κ1) is 19.1. The smallest absolute Gasteiger partial charge is 0.268 e. The normalized spacial score (nSPS) is 28.7. The zero-order valence-electron chi connectivity index (χ0n) is 13.2. The number of ether oxygens (including phenoxy) is 1. The summed E-state index contributed by atoms with van der Waals surface area (Å²) < 4.78 is 27.6. The molecule has 0 aromatic heterocycles. The van der Waals surface area contributed by atoms with Crippen molar-refractivity contribution in [3.05, 3.63) is 0 Å². The molecule has 1 rings (SSSR count). The van der Waals surface area contributed by atoms with Gasteiger partial charge in [-0.1, -0.05) is 26.2 Å². The Morgan fingerprint density at radius 1 is 1.33 bits per heavy atom. The van der Waals surface area contributed by atoms with Crippen LogP contribution in [0.2, 0.25) is 0 Å². The van der Waals surface area contributed by atoms with E-state index in [2.05, 4.69) is 0 Å². The number of hydrogen-bond donors (Lipinski definition) is 1. The zero-order chi connectivity index (χ0) is 15.7. The fraction of sp³-hybridized carbons (Fsp3) is 1.00. The molecule has 1 aliphatic heterocycles. The Bertz CT molecular complexity index is 328. The highest BCUT2D eigenvalue weighted by Gasteiger charge is 2.35. The van der Waals surface area contributed by atoms with E-state index in [0.29, 0.717) is 19.4 Å². The van der Waals surface area contributed by atoms with Crippen LogP contribution in [-0.2, 0) is 18.3 Å². The maximum atomic E-state index is 11.8. The lowest BCUT2D eigenvalue weighted by atomic mass is 10.1. The topological polar surface area (TPSA) is 93.8 Å². The molecule has 0 aromatic carbocycles. The van der Waals surface area contributed by atoms with Gasteiger partial charge in [-0.3, -0.25) is 4.57 Å². The van der Waals surface area contributed by atoms with Gasteiger partial charge in [0.1, 0.15) is 0 Å². The molecule has 1 heterocycles. The molecule has 0 saturated carbocycles. The first-order valence-electron chi connectivity index (χ1n) is 7.98. The van der Waals surface area contributed by atoms with Crippen molar-refractivity contribution in [1.82, 2.24) is 0 Å². The maximum absolute atomic E-state index is 11.8. The minimum atomic E-state index is -4.24. The molecule has 0 amide bonds. The third kappa shape index (κ3) is 7.73. The van der Waals surface area contributed by atoms with Gasteiger partial charge in [0, 0.05) is 6.42 Å². The van der Waals surface area contributed by atoms with Crippen LogP contribution >= 0.6 is 7.82 Å². The minimum Gasteiger partial charge on any atom is -0.756 e. The highest BCUT2D eigenvalue weighted by molar-refractivity contribution is 7.45. The summed E-state index contributed by atoms with van der Waals surface area (Å²) in [6.07, 6.45) is 5.36. The SMILES string of the molecule is CCCC1OC(C)CC1OP(=O)([O-])OCCCCCCN. The molecule has 4 atom stereocenters. The van der Waals surface area contributed by atoms with Crippen molar-refractivity contribution < 1.29 is 23.2 Å². The molecule has 1 saturated heterocycles. The van der Waals surface area contributed by atoms with Crippen molar-refractivity contribution in [1.29, 1.82) is 0 Å². The number of rotatable bonds is 11. The summed E-state index contributed by atoms with van der Waals surface area (Å²) in [5, 5.41) is 0. The summed E-state index contributed by atoms with van der Waals surface area (Å²) in [6.45, 7) is 4.81. The lowest BCUT2D eigenvalue weighted by Gasteiger charge is -2.28. The Labute approximate surface area is 128 Å². The first-order valence-corrected chi connectivity index (χ1v) is 9.44. The third-order valence-corrected chi connectivity index (χ3v) is 4.60. The Morgan fingerprint density at radius 2 is 2.05 bits per heavy atom. The Kier molecular flexibility index (Phi) is 9.02. The first-order chi connectivity index (χ1) is 9.98. The van der Waals surface area contributed by atoms with E-state index in [-0.39, 0.29) is 18.8 Å². The van der Waals surface area contributed by atoms with E-state index in [1.807, 2.05) is 13.8 Å². The lowest BCUT2D eigenvalue weighted by molar-refractivity contribution is -0.231. The van der Waals surface area contributed by atoms with Crippen molar-refractivity contribution in [3.63, 3.8) is 0 Å². The van der Waals surface area contributed by atoms with Gasteiger partial charge in [0.2, 0.25) is 0 Å². The van der Waals surface area contributed by atoms with E-state index in [4.69, 9.17) is 19.5 Å². The second-order valence-corrected chi connectivity index (χ2v) is 7.00. The monoisotopic (exact) mass is 322 g/mol. The van der Waals surface area contributed by atoms with Crippen LogP contribution in [0.4, 0.5) is 0 Å². The van der Waals surface area contributed by atoms with Gasteiger partial charge < -0.3 is 24.4 Å². The van der Waals surface area contributed by atoms with Crippen LogP contribution in [0, 0.1) is 0 Å². The maximum Gasteiger partial charge on any atom is 0.268 e. The van der Waals surface area contributed by atoms with Crippen molar-refractivity contribution in [3.8, 4) is 0 Å². The largest absolute Gasteiger partial charge is 0.756 e. The van der Waals surface area contributed by atoms with Crippen LogP contribution in [0.25, 0.3) is 0 Å². The highest BCUT2D eigenvalue weighted by Crippen LogP contribution is 2.44. The summed E-state index contributed by atoms with van der Waals surface area (Å²) in [6, 6.07) is 0. The zero-order valence-corrected chi connectivity index (χ0v) is 14.1. The van der Waals surface area contributed by atoms with Gasteiger partial charge in [-0.05, 0) is 32.7 Å². The molecule has 21 heavy (non-hydrogen) atoms. The second kappa shape index (κ2) is 9.93. The fourth-order valence-electron chi connectivity index (χ4n) is 2.54. The van der Waals surface area contributed by atoms with Gasteiger partial charge in [-0.15, -0.1) is 0 Å². The number of unbranched alkanes of at least 4 members (excludes halogenated alkanes) is 3. The number of phosphoric ester groups is 1. The van der Waals surface area contributed by atoms with Gasteiger partial charge >= 0.3 is 0 Å². The molecular formula is C14H29NO5P-. The molecule has 0 aliphatic carbocycles. The van der Waals surface area contributed by atoms with Crippen LogP contribution in [0.1, 0.15) is 58.8 Å². The van der Waals surface area contributed by atoms with Crippen molar-refractivity contribution >= 4 is 7.82 Å². The fourth-order valence-corrected chi connectivity index (χ4v) is 3.51. The third-order valence-electron chi connectivity index (χ3n) is 3.57. The van der Waals surface area contributed by atoms with Crippen LogP contribution in [0.15, 0.2) is 0 Å². The van der Waals surface area contributed by atoms with Crippen molar-refractivity contribution in [2.45, 2.75) is 77.1 Å². The highest BCUT2D eigenvalue weighted by atomic mass is 31.2. The molecule has 1 fully saturated rings. The number of hydrogen-bond acceptors (Lipinski definition) is 6. The molecule has 6 nitrogen and oxygen atoms in total. The summed E-state index contributed by atoms with van der Waals surface area (Å²) >= 11 is 0. The Balaban J connectivity index is 2.28. The quantitative estimate of drug-likeness (QED) is 0.463. The Morgan fingerprint density at radius 3 is 2.71 bits per heavy atom. The molecule has 0 bridgehead atoms. The average Bonchev–Trinajstić information content (AvgIpc) is 2.73. The predicted molar refractivity (Wildman–Crippen MR) is 79.8 cm³/mol. The van der Waals surface area contributed by atoms with Crippen LogP contribution < -0.4 is 10.6 Å². The molecule has 0 radical (unpaired) electrons. The van der Waals surface area contributed by atoms with E-state index in [9.17, 15) is 9.46 Å². The summed E-state index contributed by atoms with van der Waals surface area (Å²) in [5.41, 5.74) is 5.40. The number of nitrogens with two attached hydrogens (primary N) is 1. The van der Waals surface area contributed by atoms with Crippen LogP contribution in [-0.4, -0.2) is 31.5 Å². The molecule has 0 spiro atoms.